The van der Waals surface area contributed by atoms with Crippen molar-refractivity contribution in [3.8, 4) is 5.75 Å². The minimum absolute atomic E-state index is 0.0226. The van der Waals surface area contributed by atoms with E-state index < -0.39 is 18.1 Å². The number of ether oxygens (including phenoxy) is 1. The smallest absolute Gasteiger partial charge is 0.455 e. The topological polar surface area (TPSA) is 21.3 Å². The quantitative estimate of drug-likeness (QED) is 0.758. The van der Waals surface area contributed by atoms with Gasteiger partial charge in [0.25, 0.3) is 0 Å². The maximum atomic E-state index is 13.8. The molecule has 21 heavy (non-hydrogen) atoms. The summed E-state index contributed by atoms with van der Waals surface area (Å²) in [7, 11) is 1.22. The second kappa shape index (κ2) is 6.48. The molecule has 0 amide bonds. The monoisotopic (exact) mass is 375 g/mol. The lowest BCUT2D eigenvalue weighted by Gasteiger charge is -2.30. The number of alkyl halides is 5. The van der Waals surface area contributed by atoms with E-state index in [9.17, 15) is 22.0 Å². The zero-order valence-corrected chi connectivity index (χ0v) is 13.2. The highest BCUT2D eigenvalue weighted by Gasteiger charge is 2.63. The summed E-state index contributed by atoms with van der Waals surface area (Å²) in [6, 6.07) is 0.409. The molecule has 1 aromatic carbocycles. The van der Waals surface area contributed by atoms with E-state index in [2.05, 4.69) is 21.2 Å². The largest absolute Gasteiger partial charge is 0.496 e. The standard InChI is InChI=1S/C13H15BrF5NO/c1-4-20-11(12(15,16)13(17,18)19)8-6-9(14)7(2)5-10(8)21-3/h5-6,11,20H,4H2,1-3H3. The summed E-state index contributed by atoms with van der Waals surface area (Å²) in [5.41, 5.74) is 0.417. The van der Waals surface area contributed by atoms with Gasteiger partial charge in [-0.3, -0.25) is 0 Å². The predicted molar refractivity (Wildman–Crippen MR) is 72.9 cm³/mol. The molecule has 0 aromatic heterocycles. The van der Waals surface area contributed by atoms with Crippen molar-refractivity contribution >= 4 is 15.9 Å². The van der Waals surface area contributed by atoms with Gasteiger partial charge in [0.1, 0.15) is 11.8 Å². The molecule has 1 N–H and O–H groups in total. The van der Waals surface area contributed by atoms with Crippen LogP contribution in [0.4, 0.5) is 22.0 Å². The van der Waals surface area contributed by atoms with Gasteiger partial charge in [0.05, 0.1) is 7.11 Å². The average Bonchev–Trinajstić information content (AvgIpc) is 2.37. The molecule has 120 valence electrons. The number of halogens is 6. The van der Waals surface area contributed by atoms with Crippen molar-refractivity contribution in [1.82, 2.24) is 5.32 Å². The lowest BCUT2D eigenvalue weighted by atomic mass is 9.97. The summed E-state index contributed by atoms with van der Waals surface area (Å²) in [5.74, 6) is -4.95. The molecule has 0 saturated heterocycles. The van der Waals surface area contributed by atoms with Gasteiger partial charge < -0.3 is 10.1 Å². The first-order chi connectivity index (χ1) is 9.56. The predicted octanol–water partition coefficient (Wildman–Crippen LogP) is 4.61. The number of hydrogen-bond donors (Lipinski definition) is 1. The highest BCUT2D eigenvalue weighted by Crippen LogP contribution is 2.47. The van der Waals surface area contributed by atoms with Crippen LogP contribution in [0.5, 0.6) is 5.75 Å². The molecule has 1 rings (SSSR count). The highest BCUT2D eigenvalue weighted by molar-refractivity contribution is 9.10. The van der Waals surface area contributed by atoms with Gasteiger partial charge in [-0.1, -0.05) is 22.9 Å². The van der Waals surface area contributed by atoms with Crippen molar-refractivity contribution in [2.24, 2.45) is 0 Å². The minimum Gasteiger partial charge on any atom is -0.496 e. The Morgan fingerprint density at radius 1 is 1.24 bits per heavy atom. The van der Waals surface area contributed by atoms with E-state index in [1.165, 1.54) is 26.2 Å². The van der Waals surface area contributed by atoms with Crippen molar-refractivity contribution in [1.29, 1.82) is 0 Å². The lowest BCUT2D eigenvalue weighted by molar-refractivity contribution is -0.294. The van der Waals surface area contributed by atoms with Crippen molar-refractivity contribution in [3.63, 3.8) is 0 Å². The molecule has 2 nitrogen and oxygen atoms in total. The summed E-state index contributed by atoms with van der Waals surface area (Å²) in [4.78, 5) is 0. The van der Waals surface area contributed by atoms with E-state index in [1.54, 1.807) is 6.92 Å². The fourth-order valence-corrected chi connectivity index (χ4v) is 2.24. The molecule has 0 radical (unpaired) electrons. The number of methoxy groups -OCH3 is 1. The number of benzene rings is 1. The lowest BCUT2D eigenvalue weighted by Crippen LogP contribution is -2.48. The zero-order valence-electron chi connectivity index (χ0n) is 11.6. The molecule has 1 unspecified atom stereocenters. The number of hydrogen-bond acceptors (Lipinski definition) is 2. The third kappa shape index (κ3) is 3.66. The Bertz CT molecular complexity index is 504. The molecule has 0 bridgehead atoms. The van der Waals surface area contributed by atoms with Gasteiger partial charge in [0.15, 0.2) is 0 Å². The van der Waals surface area contributed by atoms with E-state index in [-0.39, 0.29) is 17.9 Å². The minimum atomic E-state index is -5.66. The van der Waals surface area contributed by atoms with Crippen molar-refractivity contribution < 1.29 is 26.7 Å². The Labute approximate surface area is 127 Å². The molecule has 0 aliphatic carbocycles. The summed E-state index contributed by atoms with van der Waals surface area (Å²) >= 11 is 3.14. The Kier molecular flexibility index (Phi) is 5.60. The van der Waals surface area contributed by atoms with Crippen LogP contribution < -0.4 is 10.1 Å². The summed E-state index contributed by atoms with van der Waals surface area (Å²) in [6.45, 7) is 3.08. The summed E-state index contributed by atoms with van der Waals surface area (Å²) in [5, 5.41) is 2.20. The molecule has 0 spiro atoms. The fraction of sp³-hybridized carbons (Fsp3) is 0.538. The maximum absolute atomic E-state index is 13.8. The number of rotatable bonds is 5. The summed E-state index contributed by atoms with van der Waals surface area (Å²) < 4.78 is 70.9. The van der Waals surface area contributed by atoms with Gasteiger partial charge in [-0.2, -0.15) is 22.0 Å². The van der Waals surface area contributed by atoms with E-state index in [0.29, 0.717) is 10.0 Å². The highest BCUT2D eigenvalue weighted by atomic mass is 79.9. The Morgan fingerprint density at radius 3 is 2.24 bits per heavy atom. The van der Waals surface area contributed by atoms with Crippen molar-refractivity contribution in [3.05, 3.63) is 27.7 Å². The first-order valence-corrected chi connectivity index (χ1v) is 6.87. The average molecular weight is 376 g/mol. The normalized spacial score (nSPS) is 14.1. The van der Waals surface area contributed by atoms with Crippen LogP contribution in [0.1, 0.15) is 24.1 Å². The van der Waals surface area contributed by atoms with Crippen LogP contribution in [-0.2, 0) is 0 Å². The molecule has 0 saturated carbocycles. The Morgan fingerprint density at radius 2 is 1.81 bits per heavy atom. The van der Waals surface area contributed by atoms with Gasteiger partial charge in [0.2, 0.25) is 0 Å². The van der Waals surface area contributed by atoms with E-state index in [0.717, 1.165) is 0 Å². The van der Waals surface area contributed by atoms with Crippen LogP contribution in [0.3, 0.4) is 0 Å². The molecule has 1 aromatic rings. The second-order valence-electron chi connectivity index (χ2n) is 4.45. The third-order valence-electron chi connectivity index (χ3n) is 2.97. The Balaban J connectivity index is 3.46. The van der Waals surface area contributed by atoms with Crippen molar-refractivity contribution in [2.45, 2.75) is 32.0 Å². The van der Waals surface area contributed by atoms with E-state index >= 15 is 0 Å². The SMILES string of the molecule is CCNC(c1cc(Br)c(C)cc1OC)C(F)(F)C(F)(F)F. The Hall–Kier alpha value is -0.890. The first kappa shape index (κ1) is 18.2. The number of nitrogens with one attached hydrogen (secondary N) is 1. The van der Waals surface area contributed by atoms with E-state index in [1.807, 2.05) is 0 Å². The molecule has 0 aliphatic heterocycles. The van der Waals surface area contributed by atoms with Gasteiger partial charge in [0, 0.05) is 10.0 Å². The molecule has 0 fully saturated rings. The van der Waals surface area contributed by atoms with E-state index in [4.69, 9.17) is 4.74 Å². The third-order valence-corrected chi connectivity index (χ3v) is 3.83. The molecular formula is C13H15BrF5NO. The molecule has 0 heterocycles. The van der Waals surface area contributed by atoms with Crippen LogP contribution in [0.2, 0.25) is 0 Å². The molecule has 0 aliphatic rings. The molecule has 8 heteroatoms. The van der Waals surface area contributed by atoms with Gasteiger partial charge in [-0.25, -0.2) is 0 Å². The number of aryl methyl sites for hydroxylation is 1. The second-order valence-corrected chi connectivity index (χ2v) is 5.31. The van der Waals surface area contributed by atoms with Crippen LogP contribution >= 0.6 is 15.9 Å². The first-order valence-electron chi connectivity index (χ1n) is 6.08. The van der Waals surface area contributed by atoms with Crippen LogP contribution in [0.25, 0.3) is 0 Å². The zero-order chi connectivity index (χ0) is 16.4. The van der Waals surface area contributed by atoms with Gasteiger partial charge >= 0.3 is 12.1 Å². The van der Waals surface area contributed by atoms with Gasteiger partial charge in [-0.15, -0.1) is 0 Å². The van der Waals surface area contributed by atoms with Crippen LogP contribution in [0, 0.1) is 6.92 Å². The maximum Gasteiger partial charge on any atom is 0.455 e. The summed E-state index contributed by atoms with van der Waals surface area (Å²) in [6.07, 6.45) is -5.66. The van der Waals surface area contributed by atoms with Crippen LogP contribution in [-0.4, -0.2) is 25.8 Å². The fourth-order valence-electron chi connectivity index (χ4n) is 1.87. The molecule has 1 atom stereocenters. The van der Waals surface area contributed by atoms with Gasteiger partial charge in [-0.05, 0) is 31.2 Å². The van der Waals surface area contributed by atoms with Crippen molar-refractivity contribution in [2.75, 3.05) is 13.7 Å². The van der Waals surface area contributed by atoms with Crippen LogP contribution in [0.15, 0.2) is 16.6 Å². The molecular weight excluding hydrogens is 361 g/mol.